The molecule has 1 aliphatic carbocycles. The number of nitrogens with one attached hydrogen (secondary N) is 1. The molecule has 1 atom stereocenters. The molecule has 29 heavy (non-hydrogen) atoms. The zero-order valence-corrected chi connectivity index (χ0v) is 16.9. The molecular formula is C24H31NO4. The van der Waals surface area contributed by atoms with E-state index in [1.807, 2.05) is 54.6 Å². The first-order valence-electron chi connectivity index (χ1n) is 10.5. The van der Waals surface area contributed by atoms with Crippen molar-refractivity contribution in [2.75, 3.05) is 13.2 Å². The fourth-order valence-corrected chi connectivity index (χ4v) is 3.67. The van der Waals surface area contributed by atoms with Crippen LogP contribution in [0.2, 0.25) is 0 Å². The van der Waals surface area contributed by atoms with E-state index in [9.17, 15) is 9.90 Å². The molecule has 0 bridgehead atoms. The predicted octanol–water partition coefficient (Wildman–Crippen LogP) is 4.48. The largest absolute Gasteiger partial charge is 0.493 e. The van der Waals surface area contributed by atoms with Crippen LogP contribution in [0.3, 0.4) is 0 Å². The summed E-state index contributed by atoms with van der Waals surface area (Å²) in [6.07, 6.45) is 6.52. The molecule has 0 aliphatic heterocycles. The normalized spacial score (nSPS) is 15.5. The van der Waals surface area contributed by atoms with Crippen LogP contribution in [0.15, 0.2) is 54.6 Å². The first-order valence-corrected chi connectivity index (χ1v) is 10.5. The quantitative estimate of drug-likeness (QED) is 0.655. The maximum Gasteiger partial charge on any atom is 0.407 e. The van der Waals surface area contributed by atoms with Gasteiger partial charge in [-0.3, -0.25) is 0 Å². The molecule has 2 N–H and O–H groups in total. The van der Waals surface area contributed by atoms with Crippen LogP contribution in [0.5, 0.6) is 5.75 Å². The van der Waals surface area contributed by atoms with Crippen LogP contribution >= 0.6 is 0 Å². The third kappa shape index (κ3) is 7.42. The summed E-state index contributed by atoms with van der Waals surface area (Å²) in [5.74, 6) is 1.54. The molecule has 5 nitrogen and oxygen atoms in total. The monoisotopic (exact) mass is 397 g/mol. The van der Waals surface area contributed by atoms with E-state index < -0.39 is 12.1 Å². The van der Waals surface area contributed by atoms with Crippen LogP contribution in [-0.4, -0.2) is 30.5 Å². The van der Waals surface area contributed by atoms with Crippen molar-refractivity contribution in [2.45, 2.75) is 51.2 Å². The van der Waals surface area contributed by atoms with Crippen molar-refractivity contribution in [3.8, 4) is 5.75 Å². The minimum Gasteiger partial charge on any atom is -0.493 e. The van der Waals surface area contributed by atoms with Crippen LogP contribution in [0.1, 0.15) is 43.2 Å². The summed E-state index contributed by atoms with van der Waals surface area (Å²) in [6, 6.07) is 17.0. The zero-order valence-electron chi connectivity index (χ0n) is 16.9. The molecule has 0 spiro atoms. The number of benzene rings is 2. The lowest BCUT2D eigenvalue weighted by Crippen LogP contribution is -2.39. The second-order valence-corrected chi connectivity index (χ2v) is 7.75. The highest BCUT2D eigenvalue weighted by molar-refractivity contribution is 5.67. The molecule has 3 rings (SSSR count). The van der Waals surface area contributed by atoms with E-state index >= 15 is 0 Å². The minimum absolute atomic E-state index is 0.152. The number of aliphatic hydroxyl groups excluding tert-OH is 1. The summed E-state index contributed by atoms with van der Waals surface area (Å²) >= 11 is 0. The highest BCUT2D eigenvalue weighted by Crippen LogP contribution is 2.24. The molecule has 0 radical (unpaired) electrons. The van der Waals surface area contributed by atoms with Crippen molar-refractivity contribution in [3.63, 3.8) is 0 Å². The number of hydrogen-bond donors (Lipinski definition) is 2. The molecule has 2 aromatic rings. The molecule has 5 heteroatoms. The third-order valence-corrected chi connectivity index (χ3v) is 5.37. The van der Waals surface area contributed by atoms with E-state index in [0.29, 0.717) is 12.3 Å². The van der Waals surface area contributed by atoms with Gasteiger partial charge in [-0.25, -0.2) is 4.79 Å². The van der Waals surface area contributed by atoms with Crippen molar-refractivity contribution >= 4 is 6.09 Å². The first kappa shape index (κ1) is 21.2. The van der Waals surface area contributed by atoms with Gasteiger partial charge in [-0.2, -0.15) is 0 Å². The summed E-state index contributed by atoms with van der Waals surface area (Å²) < 4.78 is 11.2. The SMILES string of the molecule is O=C(N[C@H](CO)Cc1ccc(OCC2CCCCC2)cc1)OCc1ccccc1. The summed E-state index contributed by atoms with van der Waals surface area (Å²) in [5, 5.41) is 12.3. The van der Waals surface area contributed by atoms with Gasteiger partial charge in [0.15, 0.2) is 0 Å². The number of amides is 1. The van der Waals surface area contributed by atoms with E-state index in [1.165, 1.54) is 32.1 Å². The van der Waals surface area contributed by atoms with E-state index in [2.05, 4.69) is 5.32 Å². The Hall–Kier alpha value is -2.53. The molecule has 0 heterocycles. The molecule has 0 saturated heterocycles. The molecule has 156 valence electrons. The molecule has 1 amide bonds. The number of alkyl carbamates (subject to hydrolysis) is 1. The van der Waals surface area contributed by atoms with Gasteiger partial charge in [0.2, 0.25) is 0 Å². The predicted molar refractivity (Wildman–Crippen MR) is 113 cm³/mol. The Kier molecular flexibility index (Phi) is 8.38. The Labute approximate surface area is 173 Å². The topological polar surface area (TPSA) is 67.8 Å². The van der Waals surface area contributed by atoms with Crippen LogP contribution in [0, 0.1) is 5.92 Å². The fraction of sp³-hybridized carbons (Fsp3) is 0.458. The maximum absolute atomic E-state index is 12.0. The molecule has 1 fully saturated rings. The molecule has 0 aromatic heterocycles. The number of aliphatic hydroxyl groups is 1. The van der Waals surface area contributed by atoms with Gasteiger partial charge in [-0.1, -0.05) is 61.7 Å². The van der Waals surface area contributed by atoms with Gasteiger partial charge in [0, 0.05) is 0 Å². The summed E-state index contributed by atoms with van der Waals surface area (Å²) in [4.78, 5) is 12.0. The molecular weight excluding hydrogens is 366 g/mol. The Morgan fingerprint density at radius 2 is 1.72 bits per heavy atom. The second kappa shape index (κ2) is 11.5. The number of carbonyl (C=O) groups is 1. The van der Waals surface area contributed by atoms with Crippen LogP contribution in [-0.2, 0) is 17.8 Å². The van der Waals surface area contributed by atoms with E-state index in [0.717, 1.165) is 23.5 Å². The highest BCUT2D eigenvalue weighted by Gasteiger charge is 2.15. The van der Waals surface area contributed by atoms with E-state index in [-0.39, 0.29) is 13.2 Å². The molecule has 1 saturated carbocycles. The van der Waals surface area contributed by atoms with Crippen molar-refractivity contribution < 1.29 is 19.4 Å². The molecule has 2 aromatic carbocycles. The van der Waals surface area contributed by atoms with Gasteiger partial charge in [-0.15, -0.1) is 0 Å². The summed E-state index contributed by atoms with van der Waals surface area (Å²) in [5.41, 5.74) is 1.95. The van der Waals surface area contributed by atoms with Crippen molar-refractivity contribution in [1.82, 2.24) is 5.32 Å². The van der Waals surface area contributed by atoms with E-state index in [4.69, 9.17) is 9.47 Å². The lowest BCUT2D eigenvalue weighted by atomic mass is 9.90. The Morgan fingerprint density at radius 1 is 1.00 bits per heavy atom. The third-order valence-electron chi connectivity index (χ3n) is 5.37. The first-order chi connectivity index (χ1) is 14.2. The van der Waals surface area contributed by atoms with Gasteiger partial charge < -0.3 is 19.9 Å². The lowest BCUT2D eigenvalue weighted by Gasteiger charge is -2.21. The average Bonchev–Trinajstić information content (AvgIpc) is 2.78. The maximum atomic E-state index is 12.0. The number of ether oxygens (including phenoxy) is 2. The van der Waals surface area contributed by atoms with Crippen molar-refractivity contribution in [3.05, 3.63) is 65.7 Å². The van der Waals surface area contributed by atoms with Crippen LogP contribution in [0.4, 0.5) is 4.79 Å². The summed E-state index contributed by atoms with van der Waals surface area (Å²) in [7, 11) is 0. The smallest absolute Gasteiger partial charge is 0.407 e. The molecule has 0 unspecified atom stereocenters. The Bertz CT molecular complexity index is 726. The standard InChI is InChI=1S/C24H31NO4/c26-16-22(25-24(27)29-18-21-9-5-2-6-10-21)15-19-11-13-23(14-12-19)28-17-20-7-3-1-4-8-20/h2,5-6,9-14,20,22,26H,1,3-4,7-8,15-18H2,(H,25,27)/t22-/m0/s1. The van der Waals surface area contributed by atoms with E-state index in [1.54, 1.807) is 0 Å². The molecule has 1 aliphatic rings. The van der Waals surface area contributed by atoms with Crippen molar-refractivity contribution in [1.29, 1.82) is 0 Å². The van der Waals surface area contributed by atoms with Crippen molar-refractivity contribution in [2.24, 2.45) is 5.92 Å². The van der Waals surface area contributed by atoms with Gasteiger partial charge in [0.25, 0.3) is 0 Å². The second-order valence-electron chi connectivity index (χ2n) is 7.75. The number of hydrogen-bond acceptors (Lipinski definition) is 4. The Morgan fingerprint density at radius 3 is 2.41 bits per heavy atom. The Balaban J connectivity index is 1.41. The van der Waals surface area contributed by atoms with Crippen LogP contribution < -0.4 is 10.1 Å². The van der Waals surface area contributed by atoms with Crippen LogP contribution in [0.25, 0.3) is 0 Å². The number of carbonyl (C=O) groups excluding carboxylic acids is 1. The highest BCUT2D eigenvalue weighted by atomic mass is 16.5. The number of rotatable bonds is 9. The zero-order chi connectivity index (χ0) is 20.3. The average molecular weight is 398 g/mol. The fourth-order valence-electron chi connectivity index (χ4n) is 3.67. The van der Waals surface area contributed by atoms with Gasteiger partial charge in [0.1, 0.15) is 12.4 Å². The minimum atomic E-state index is -0.527. The van der Waals surface area contributed by atoms with Gasteiger partial charge in [0.05, 0.1) is 19.3 Å². The summed E-state index contributed by atoms with van der Waals surface area (Å²) in [6.45, 7) is 0.839. The lowest BCUT2D eigenvalue weighted by molar-refractivity contribution is 0.129. The van der Waals surface area contributed by atoms with Gasteiger partial charge in [-0.05, 0) is 48.4 Å². The van der Waals surface area contributed by atoms with Gasteiger partial charge >= 0.3 is 6.09 Å².